The van der Waals surface area contributed by atoms with Crippen molar-refractivity contribution in [2.45, 2.75) is 47.1 Å². The summed E-state index contributed by atoms with van der Waals surface area (Å²) in [5.74, 6) is 0.146. The van der Waals surface area contributed by atoms with Gasteiger partial charge in [0, 0.05) is 25.7 Å². The molecule has 4 nitrogen and oxygen atoms in total. The van der Waals surface area contributed by atoms with Gasteiger partial charge in [-0.25, -0.2) is 0 Å². The zero-order valence-electron chi connectivity index (χ0n) is 18.8. The minimum Gasteiger partial charge on any atom is -0.323 e. The zero-order chi connectivity index (χ0) is 21.4. The number of benzene rings is 2. The van der Waals surface area contributed by atoms with Gasteiger partial charge in [-0.3, -0.25) is 4.79 Å². The van der Waals surface area contributed by atoms with Crippen molar-refractivity contribution in [3.63, 3.8) is 0 Å². The van der Waals surface area contributed by atoms with Gasteiger partial charge in [-0.2, -0.15) is 0 Å². The lowest BCUT2D eigenvalue weighted by Gasteiger charge is -2.28. The van der Waals surface area contributed by atoms with E-state index < -0.39 is 0 Å². The molecule has 2 aromatic rings. The Kier molecular flexibility index (Phi) is 14.6. The zero-order valence-corrected chi connectivity index (χ0v) is 18.8. The molecule has 2 aromatic carbocycles. The average Bonchev–Trinajstić information content (AvgIpc) is 2.72. The number of anilines is 1. The molecule has 156 valence electrons. The summed E-state index contributed by atoms with van der Waals surface area (Å²) in [5, 5.41) is 5.85. The molecular formula is C24H39N3O. The maximum atomic E-state index is 11.3. The van der Waals surface area contributed by atoms with Crippen molar-refractivity contribution in [1.82, 2.24) is 10.6 Å². The van der Waals surface area contributed by atoms with Gasteiger partial charge in [-0.15, -0.1) is 0 Å². The highest BCUT2D eigenvalue weighted by Gasteiger charge is 2.18. The van der Waals surface area contributed by atoms with Crippen LogP contribution in [0.1, 0.15) is 43.9 Å². The highest BCUT2D eigenvalue weighted by molar-refractivity contribution is 5.92. The second-order valence-corrected chi connectivity index (χ2v) is 6.42. The Morgan fingerprint density at radius 1 is 1.00 bits per heavy atom. The fourth-order valence-corrected chi connectivity index (χ4v) is 2.77. The molecule has 28 heavy (non-hydrogen) atoms. The Morgan fingerprint density at radius 3 is 2.11 bits per heavy atom. The topological polar surface area (TPSA) is 44.4 Å². The number of carbonyl (C=O) groups excluding carboxylic acids is 1. The maximum Gasteiger partial charge on any atom is 0.223 e. The van der Waals surface area contributed by atoms with E-state index in [1.165, 1.54) is 16.7 Å². The third kappa shape index (κ3) is 9.67. The van der Waals surface area contributed by atoms with E-state index in [-0.39, 0.29) is 5.91 Å². The summed E-state index contributed by atoms with van der Waals surface area (Å²) in [4.78, 5) is 13.1. The lowest BCUT2D eigenvalue weighted by Crippen LogP contribution is -2.33. The van der Waals surface area contributed by atoms with Gasteiger partial charge in [0.2, 0.25) is 5.91 Å². The molecule has 0 unspecified atom stereocenters. The number of aryl methyl sites for hydroxylation is 2. The average molecular weight is 386 g/mol. The largest absolute Gasteiger partial charge is 0.323 e. The molecule has 0 saturated heterocycles. The van der Waals surface area contributed by atoms with Crippen LogP contribution in [0.15, 0.2) is 48.5 Å². The summed E-state index contributed by atoms with van der Waals surface area (Å²) in [5.41, 5.74) is 5.05. The Balaban J connectivity index is 0.000000434. The smallest absolute Gasteiger partial charge is 0.223 e. The monoisotopic (exact) mass is 385 g/mol. The molecule has 0 aliphatic carbocycles. The fraction of sp³-hybridized carbons (Fsp3) is 0.458. The summed E-state index contributed by atoms with van der Waals surface area (Å²) < 4.78 is 0. The first-order valence-electron chi connectivity index (χ1n) is 10.2. The van der Waals surface area contributed by atoms with Crippen molar-refractivity contribution in [3.05, 3.63) is 65.2 Å². The first-order chi connectivity index (χ1) is 13.5. The van der Waals surface area contributed by atoms with Crippen molar-refractivity contribution in [2.24, 2.45) is 0 Å². The van der Waals surface area contributed by atoms with E-state index in [0.29, 0.717) is 0 Å². The molecule has 3 rings (SSSR count). The van der Waals surface area contributed by atoms with Gasteiger partial charge in [0.15, 0.2) is 0 Å². The molecule has 1 amide bonds. The molecule has 1 aliphatic rings. The number of nitrogens with one attached hydrogen (secondary N) is 2. The molecule has 1 heterocycles. The number of hydrogen-bond donors (Lipinski definition) is 2. The quantitative estimate of drug-likeness (QED) is 0.796. The summed E-state index contributed by atoms with van der Waals surface area (Å²) >= 11 is 0. The molecule has 0 saturated carbocycles. The second-order valence-electron chi connectivity index (χ2n) is 6.42. The molecule has 0 radical (unpaired) electrons. The standard InChI is InChI=1S/C11H13NO.C9H13N.C2H7N.C2H6/c1-9(13)12-8-4-6-10-5-2-3-7-11(10)12;1-8-3-5-9(6-4-8)7-10-2;1-3-2;1-2/h2-3,5,7H,4,6,8H2,1H3;3-6,10H,7H2,1-2H3;3H,1-2H3;1-2H3. The Bertz CT molecular complexity index is 653. The Hall–Kier alpha value is -2.17. The number of carbonyl (C=O) groups is 1. The van der Waals surface area contributed by atoms with Crippen LogP contribution in [0.4, 0.5) is 5.69 Å². The van der Waals surface area contributed by atoms with Crippen molar-refractivity contribution in [2.75, 3.05) is 32.6 Å². The third-order valence-corrected chi connectivity index (χ3v) is 3.99. The Morgan fingerprint density at radius 2 is 1.57 bits per heavy atom. The van der Waals surface area contributed by atoms with Gasteiger partial charge in [0.25, 0.3) is 0 Å². The van der Waals surface area contributed by atoms with Crippen LogP contribution in [0.5, 0.6) is 0 Å². The van der Waals surface area contributed by atoms with E-state index in [0.717, 1.165) is 31.6 Å². The third-order valence-electron chi connectivity index (χ3n) is 3.99. The van der Waals surface area contributed by atoms with Crippen molar-refractivity contribution in [3.8, 4) is 0 Å². The molecule has 0 fully saturated rings. The number of rotatable bonds is 2. The fourth-order valence-electron chi connectivity index (χ4n) is 2.77. The van der Waals surface area contributed by atoms with Crippen LogP contribution >= 0.6 is 0 Å². The van der Waals surface area contributed by atoms with Crippen LogP contribution in [-0.4, -0.2) is 33.6 Å². The molecular weight excluding hydrogens is 346 g/mol. The number of hydrogen-bond acceptors (Lipinski definition) is 3. The number of fused-ring (bicyclic) bond motifs is 1. The molecule has 0 spiro atoms. The Labute approximate surface area is 172 Å². The van der Waals surface area contributed by atoms with Gasteiger partial charge in [-0.05, 0) is 58.1 Å². The summed E-state index contributed by atoms with van der Waals surface area (Å²) in [7, 11) is 5.71. The summed E-state index contributed by atoms with van der Waals surface area (Å²) in [6.45, 7) is 9.55. The molecule has 1 aliphatic heterocycles. The van der Waals surface area contributed by atoms with Gasteiger partial charge in [0.05, 0.1) is 0 Å². The SMILES string of the molecule is CC.CC(=O)N1CCCc2ccccc21.CNC.CNCc1ccc(C)cc1. The number of para-hydroxylation sites is 1. The van der Waals surface area contributed by atoms with E-state index in [2.05, 4.69) is 47.9 Å². The van der Waals surface area contributed by atoms with Crippen molar-refractivity contribution < 1.29 is 4.79 Å². The van der Waals surface area contributed by atoms with Crippen LogP contribution in [0, 0.1) is 6.92 Å². The lowest BCUT2D eigenvalue weighted by atomic mass is 10.0. The first-order valence-corrected chi connectivity index (χ1v) is 10.2. The lowest BCUT2D eigenvalue weighted by molar-refractivity contribution is -0.116. The van der Waals surface area contributed by atoms with E-state index in [4.69, 9.17) is 0 Å². The van der Waals surface area contributed by atoms with Crippen LogP contribution in [0.3, 0.4) is 0 Å². The van der Waals surface area contributed by atoms with Gasteiger partial charge < -0.3 is 15.5 Å². The predicted molar refractivity (Wildman–Crippen MR) is 123 cm³/mol. The minimum absolute atomic E-state index is 0.146. The van der Waals surface area contributed by atoms with Crippen LogP contribution in [0.2, 0.25) is 0 Å². The van der Waals surface area contributed by atoms with E-state index in [9.17, 15) is 4.79 Å². The molecule has 0 aromatic heterocycles. The van der Waals surface area contributed by atoms with Crippen LogP contribution < -0.4 is 15.5 Å². The maximum absolute atomic E-state index is 11.3. The first kappa shape index (κ1) is 25.8. The second kappa shape index (κ2) is 15.8. The highest BCUT2D eigenvalue weighted by atomic mass is 16.2. The highest BCUT2D eigenvalue weighted by Crippen LogP contribution is 2.26. The van der Waals surface area contributed by atoms with Gasteiger partial charge in [-0.1, -0.05) is 61.9 Å². The summed E-state index contributed by atoms with van der Waals surface area (Å²) in [6.07, 6.45) is 2.18. The summed E-state index contributed by atoms with van der Waals surface area (Å²) in [6, 6.07) is 16.7. The van der Waals surface area contributed by atoms with Crippen molar-refractivity contribution >= 4 is 11.6 Å². The molecule has 0 atom stereocenters. The molecule has 0 bridgehead atoms. The normalized spacial score (nSPS) is 11.5. The van der Waals surface area contributed by atoms with Crippen LogP contribution in [-0.2, 0) is 17.8 Å². The predicted octanol–water partition coefficient (Wildman–Crippen LogP) is 4.56. The molecule has 2 N–H and O–H groups in total. The van der Waals surface area contributed by atoms with Crippen LogP contribution in [0.25, 0.3) is 0 Å². The number of nitrogens with zero attached hydrogens (tertiary/aromatic N) is 1. The van der Waals surface area contributed by atoms with Gasteiger partial charge >= 0.3 is 0 Å². The number of amides is 1. The van der Waals surface area contributed by atoms with E-state index in [1.807, 2.05) is 58.1 Å². The van der Waals surface area contributed by atoms with E-state index >= 15 is 0 Å². The minimum atomic E-state index is 0.146. The van der Waals surface area contributed by atoms with Crippen molar-refractivity contribution in [1.29, 1.82) is 0 Å². The van der Waals surface area contributed by atoms with E-state index in [1.54, 1.807) is 6.92 Å². The molecule has 4 heteroatoms. The van der Waals surface area contributed by atoms with Gasteiger partial charge in [0.1, 0.15) is 0 Å².